The molecule has 0 saturated heterocycles. The molecule has 0 spiro atoms. The maximum atomic E-state index is 12.1. The van der Waals surface area contributed by atoms with Crippen molar-refractivity contribution in [1.29, 1.82) is 0 Å². The Morgan fingerprint density at radius 1 is 1.56 bits per heavy atom. The highest BCUT2D eigenvalue weighted by molar-refractivity contribution is 6.67. The second kappa shape index (κ2) is 4.77. The average Bonchev–Trinajstić information content (AvgIpc) is 2.13. The number of carbonyl (C=O) groups excluding carboxylic acids is 1. The van der Waals surface area contributed by atoms with Gasteiger partial charge >= 0.3 is 12.0 Å². The maximum Gasteiger partial charge on any atom is 0.573 e. The molecule has 0 aromatic carbocycles. The lowest BCUT2D eigenvalue weighted by Gasteiger charge is -2.11. The van der Waals surface area contributed by atoms with Crippen molar-refractivity contribution in [2.75, 3.05) is 0 Å². The molecule has 0 unspecified atom stereocenters. The van der Waals surface area contributed by atoms with Gasteiger partial charge in [-0.1, -0.05) is 0 Å². The molecule has 0 aliphatic carbocycles. The Bertz CT molecular complexity index is 518. The largest absolute Gasteiger partial charge is 0.573 e. The average molecular weight is 285 g/mol. The smallest absolute Gasteiger partial charge is 0.396 e. The number of nitro groups is 1. The van der Waals surface area contributed by atoms with Gasteiger partial charge < -0.3 is 4.74 Å². The van der Waals surface area contributed by atoms with E-state index < -0.39 is 33.7 Å². The van der Waals surface area contributed by atoms with Crippen LogP contribution in [-0.2, 0) is 0 Å². The van der Waals surface area contributed by atoms with Crippen LogP contribution in [0.5, 0.6) is 5.75 Å². The van der Waals surface area contributed by atoms with Crippen LogP contribution in [0.15, 0.2) is 6.20 Å². The van der Waals surface area contributed by atoms with Gasteiger partial charge in [-0.15, -0.1) is 13.2 Å². The first-order valence-corrected chi connectivity index (χ1v) is 4.61. The van der Waals surface area contributed by atoms with Crippen molar-refractivity contribution in [2.45, 2.75) is 13.3 Å². The van der Waals surface area contributed by atoms with E-state index in [4.69, 9.17) is 11.6 Å². The highest BCUT2D eigenvalue weighted by Crippen LogP contribution is 2.37. The topological polar surface area (TPSA) is 82.3 Å². The number of aromatic nitrogens is 1. The van der Waals surface area contributed by atoms with Crippen LogP contribution in [0.4, 0.5) is 18.9 Å². The summed E-state index contributed by atoms with van der Waals surface area (Å²) < 4.78 is 39.9. The SMILES string of the molecule is Cc1cnc(C(=O)Cl)c(OC(F)(F)F)c1[N+](=O)[O-]. The maximum absolute atomic E-state index is 12.1. The van der Waals surface area contributed by atoms with Gasteiger partial charge in [0.1, 0.15) is 0 Å². The van der Waals surface area contributed by atoms with Crippen molar-refractivity contribution in [2.24, 2.45) is 0 Å². The monoisotopic (exact) mass is 284 g/mol. The minimum absolute atomic E-state index is 0.194. The number of hydrogen-bond acceptors (Lipinski definition) is 5. The van der Waals surface area contributed by atoms with Gasteiger partial charge in [0.2, 0.25) is 5.75 Å². The van der Waals surface area contributed by atoms with E-state index in [0.717, 1.165) is 13.1 Å². The molecule has 1 aromatic rings. The van der Waals surface area contributed by atoms with Crippen molar-refractivity contribution in [3.05, 3.63) is 27.6 Å². The summed E-state index contributed by atoms with van der Waals surface area (Å²) >= 11 is 4.99. The Kier molecular flexibility index (Phi) is 3.75. The molecule has 0 bridgehead atoms. The number of carbonyl (C=O) groups is 1. The van der Waals surface area contributed by atoms with E-state index in [1.54, 1.807) is 0 Å². The molecular weight excluding hydrogens is 281 g/mol. The summed E-state index contributed by atoms with van der Waals surface area (Å²) in [5.74, 6) is -1.31. The molecule has 0 aliphatic rings. The van der Waals surface area contributed by atoms with Gasteiger partial charge in [-0.05, 0) is 18.5 Å². The van der Waals surface area contributed by atoms with Crippen molar-refractivity contribution >= 4 is 22.5 Å². The van der Waals surface area contributed by atoms with Crippen molar-refractivity contribution in [1.82, 2.24) is 4.98 Å². The second-order valence-electron chi connectivity index (χ2n) is 3.05. The van der Waals surface area contributed by atoms with Crippen molar-refractivity contribution in [3.63, 3.8) is 0 Å². The van der Waals surface area contributed by atoms with Crippen LogP contribution < -0.4 is 4.74 Å². The van der Waals surface area contributed by atoms with Crippen LogP contribution in [0.2, 0.25) is 0 Å². The first kappa shape index (κ1) is 14.2. The van der Waals surface area contributed by atoms with E-state index in [0.29, 0.717) is 0 Å². The standard InChI is InChI=1S/C8H4ClF3N2O4/c1-3-2-13-4(7(9)15)6(5(3)14(16)17)18-8(10,11)12/h2H,1H3. The van der Waals surface area contributed by atoms with E-state index in [9.17, 15) is 28.1 Å². The normalized spacial score (nSPS) is 11.2. The molecule has 1 aromatic heterocycles. The highest BCUT2D eigenvalue weighted by atomic mass is 35.5. The number of halogens is 4. The molecule has 18 heavy (non-hydrogen) atoms. The second-order valence-corrected chi connectivity index (χ2v) is 3.39. The number of rotatable bonds is 3. The van der Waals surface area contributed by atoms with E-state index in [-0.39, 0.29) is 5.56 Å². The third-order valence-electron chi connectivity index (χ3n) is 1.78. The van der Waals surface area contributed by atoms with Crippen molar-refractivity contribution in [3.8, 4) is 5.75 Å². The van der Waals surface area contributed by atoms with Gasteiger partial charge in [0, 0.05) is 11.8 Å². The molecule has 0 atom stereocenters. The lowest BCUT2D eigenvalue weighted by Crippen LogP contribution is -2.20. The molecule has 1 rings (SSSR count). The highest BCUT2D eigenvalue weighted by Gasteiger charge is 2.38. The van der Waals surface area contributed by atoms with Gasteiger partial charge in [0.15, 0.2) is 5.69 Å². The Balaban J connectivity index is 3.53. The molecule has 0 radical (unpaired) electrons. The summed E-state index contributed by atoms with van der Waals surface area (Å²) in [7, 11) is 0. The zero-order chi connectivity index (χ0) is 14.1. The van der Waals surface area contributed by atoms with Gasteiger partial charge in [-0.3, -0.25) is 14.9 Å². The fourth-order valence-electron chi connectivity index (χ4n) is 1.15. The Hall–Kier alpha value is -1.90. The predicted octanol–water partition coefficient (Wildman–Crippen LogP) is 2.58. The predicted molar refractivity (Wildman–Crippen MR) is 52.5 cm³/mol. The first-order valence-electron chi connectivity index (χ1n) is 4.23. The summed E-state index contributed by atoms with van der Waals surface area (Å²) in [5.41, 5.74) is -2.17. The van der Waals surface area contributed by atoms with Crippen LogP contribution in [0.25, 0.3) is 0 Å². The Labute approximate surface area is 102 Å². The molecule has 0 saturated carbocycles. The number of nitrogens with zero attached hydrogens (tertiary/aromatic N) is 2. The van der Waals surface area contributed by atoms with Gasteiger partial charge in [-0.2, -0.15) is 0 Å². The van der Waals surface area contributed by atoms with Gasteiger partial charge in [0.25, 0.3) is 5.24 Å². The first-order chi connectivity index (χ1) is 8.13. The number of alkyl halides is 3. The number of aryl methyl sites for hydroxylation is 1. The zero-order valence-corrected chi connectivity index (χ0v) is 9.37. The van der Waals surface area contributed by atoms with E-state index in [1.165, 1.54) is 0 Å². The minimum Gasteiger partial charge on any atom is -0.396 e. The fourth-order valence-corrected chi connectivity index (χ4v) is 1.29. The quantitative estimate of drug-likeness (QED) is 0.484. The summed E-state index contributed by atoms with van der Waals surface area (Å²) in [6.45, 7) is 1.15. The van der Waals surface area contributed by atoms with Crippen LogP contribution in [0.1, 0.15) is 16.1 Å². The lowest BCUT2D eigenvalue weighted by molar-refractivity contribution is -0.389. The molecular formula is C8H4ClF3N2O4. The molecule has 10 heteroatoms. The van der Waals surface area contributed by atoms with Crippen LogP contribution >= 0.6 is 11.6 Å². The van der Waals surface area contributed by atoms with Crippen LogP contribution in [-0.4, -0.2) is 21.5 Å². The third-order valence-corrected chi connectivity index (χ3v) is 1.96. The van der Waals surface area contributed by atoms with Crippen molar-refractivity contribution < 1.29 is 27.6 Å². The summed E-state index contributed by atoms with van der Waals surface area (Å²) in [4.78, 5) is 23.7. The molecule has 0 fully saturated rings. The van der Waals surface area contributed by atoms with Crippen LogP contribution in [0.3, 0.4) is 0 Å². The number of ether oxygens (including phenoxy) is 1. The van der Waals surface area contributed by atoms with Gasteiger partial charge in [-0.25, -0.2) is 4.98 Å². The van der Waals surface area contributed by atoms with Gasteiger partial charge in [0.05, 0.1) is 4.92 Å². The molecule has 0 amide bonds. The Morgan fingerprint density at radius 3 is 2.50 bits per heavy atom. The molecule has 0 aliphatic heterocycles. The molecule has 0 N–H and O–H groups in total. The number of hydrogen-bond donors (Lipinski definition) is 0. The van der Waals surface area contributed by atoms with Crippen LogP contribution in [0, 0.1) is 17.0 Å². The molecule has 98 valence electrons. The lowest BCUT2D eigenvalue weighted by atomic mass is 10.2. The Morgan fingerprint density at radius 2 is 2.11 bits per heavy atom. The third kappa shape index (κ3) is 3.06. The van der Waals surface area contributed by atoms with E-state index >= 15 is 0 Å². The summed E-state index contributed by atoms with van der Waals surface area (Å²) in [6, 6.07) is 0. The number of pyridine rings is 1. The minimum atomic E-state index is -5.21. The molecule has 6 nitrogen and oxygen atoms in total. The summed E-state index contributed by atoms with van der Waals surface area (Å²) in [6.07, 6.45) is -4.35. The zero-order valence-electron chi connectivity index (χ0n) is 8.62. The van der Waals surface area contributed by atoms with E-state index in [1.807, 2.05) is 0 Å². The molecule has 1 heterocycles. The van der Waals surface area contributed by atoms with E-state index in [2.05, 4.69) is 9.72 Å². The fraction of sp³-hybridized carbons (Fsp3) is 0.250. The summed E-state index contributed by atoms with van der Waals surface area (Å²) in [5, 5.41) is 9.29.